The second-order valence-electron chi connectivity index (χ2n) is 9.31. The number of rotatable bonds is 6. The van der Waals surface area contributed by atoms with E-state index in [4.69, 9.17) is 9.47 Å². The number of nitrogens with zero attached hydrogens (tertiary/aromatic N) is 2. The van der Waals surface area contributed by atoms with Gasteiger partial charge in [0.2, 0.25) is 5.91 Å². The molecule has 2 N–H and O–H groups in total. The molecule has 178 valence electrons. The number of nitrogens with one attached hydrogen (secondary N) is 1. The number of carbonyl (C=O) groups is 1. The third-order valence-electron chi connectivity index (χ3n) is 6.69. The number of hydrogen-bond acceptors (Lipinski definition) is 6. The van der Waals surface area contributed by atoms with Gasteiger partial charge in [-0.25, -0.2) is 0 Å². The van der Waals surface area contributed by atoms with Gasteiger partial charge in [-0.1, -0.05) is 18.2 Å². The van der Waals surface area contributed by atoms with E-state index in [0.717, 1.165) is 59.9 Å². The maximum Gasteiger partial charge on any atom is 0.238 e. The fourth-order valence-electron chi connectivity index (χ4n) is 4.43. The molecule has 0 saturated carbocycles. The van der Waals surface area contributed by atoms with Crippen molar-refractivity contribution in [2.24, 2.45) is 0 Å². The van der Waals surface area contributed by atoms with Crippen molar-refractivity contribution in [1.82, 2.24) is 9.80 Å². The number of ether oxygens (including phenoxy) is 2. The zero-order valence-electron chi connectivity index (χ0n) is 20.1. The number of aliphatic hydroxyl groups is 1. The summed E-state index contributed by atoms with van der Waals surface area (Å²) in [5.74, 6) is 1.46. The summed E-state index contributed by atoms with van der Waals surface area (Å²) in [6.45, 7) is 12.5. The number of aryl methyl sites for hydroxylation is 4. The van der Waals surface area contributed by atoms with Crippen LogP contribution in [-0.4, -0.2) is 78.9 Å². The van der Waals surface area contributed by atoms with Crippen LogP contribution >= 0.6 is 0 Å². The molecule has 0 radical (unpaired) electrons. The SMILES string of the molecule is Cc1cc2c(cc1C)OC(C(O)CN1CCN(CC(=O)Nc3c(C)cccc3C)CC1)CO2. The van der Waals surface area contributed by atoms with E-state index in [1.54, 1.807) is 0 Å². The molecule has 2 heterocycles. The Kier molecular flexibility index (Phi) is 7.22. The number of anilines is 1. The maximum absolute atomic E-state index is 12.6. The summed E-state index contributed by atoms with van der Waals surface area (Å²) in [4.78, 5) is 16.9. The van der Waals surface area contributed by atoms with Crippen LogP contribution in [0.25, 0.3) is 0 Å². The van der Waals surface area contributed by atoms with Crippen molar-refractivity contribution in [1.29, 1.82) is 0 Å². The summed E-state index contributed by atoms with van der Waals surface area (Å²) in [6.07, 6.45) is -1.03. The lowest BCUT2D eigenvalue weighted by Crippen LogP contribution is -2.53. The van der Waals surface area contributed by atoms with Crippen LogP contribution in [0.3, 0.4) is 0 Å². The number of β-amino-alcohol motifs (C(OH)–C–C–N with tert-alkyl or cyclic N) is 1. The van der Waals surface area contributed by atoms with E-state index in [1.807, 2.05) is 58.0 Å². The van der Waals surface area contributed by atoms with E-state index >= 15 is 0 Å². The minimum Gasteiger partial charge on any atom is -0.486 e. The van der Waals surface area contributed by atoms with Gasteiger partial charge in [0.25, 0.3) is 0 Å². The van der Waals surface area contributed by atoms with Crippen LogP contribution in [0.1, 0.15) is 22.3 Å². The van der Waals surface area contributed by atoms with Crippen LogP contribution in [0.4, 0.5) is 5.69 Å². The zero-order chi connectivity index (χ0) is 23.5. The number of para-hydroxylation sites is 1. The number of amides is 1. The van der Waals surface area contributed by atoms with Crippen molar-refractivity contribution in [3.8, 4) is 11.5 Å². The Morgan fingerprint density at radius 2 is 1.61 bits per heavy atom. The lowest BCUT2D eigenvalue weighted by atomic mass is 10.1. The number of fused-ring (bicyclic) bond motifs is 1. The molecule has 1 amide bonds. The quantitative estimate of drug-likeness (QED) is 0.701. The molecule has 7 nitrogen and oxygen atoms in total. The summed E-state index contributed by atoms with van der Waals surface area (Å²) >= 11 is 0. The molecule has 33 heavy (non-hydrogen) atoms. The Hall–Kier alpha value is -2.61. The smallest absolute Gasteiger partial charge is 0.238 e. The Morgan fingerprint density at radius 1 is 1.00 bits per heavy atom. The molecule has 2 aliphatic heterocycles. The Bertz CT molecular complexity index is 981. The third kappa shape index (κ3) is 5.66. The van der Waals surface area contributed by atoms with Crippen LogP contribution in [0.5, 0.6) is 11.5 Å². The van der Waals surface area contributed by atoms with E-state index in [2.05, 4.69) is 15.1 Å². The number of carbonyl (C=O) groups excluding carboxylic acids is 1. The highest BCUT2D eigenvalue weighted by Crippen LogP contribution is 2.35. The van der Waals surface area contributed by atoms with Crippen LogP contribution in [-0.2, 0) is 4.79 Å². The van der Waals surface area contributed by atoms with Gasteiger partial charge >= 0.3 is 0 Å². The van der Waals surface area contributed by atoms with E-state index in [-0.39, 0.29) is 12.0 Å². The molecule has 2 atom stereocenters. The minimum absolute atomic E-state index is 0.0119. The summed E-state index contributed by atoms with van der Waals surface area (Å²) in [5.41, 5.74) is 5.36. The summed E-state index contributed by atoms with van der Waals surface area (Å²) in [6, 6.07) is 9.98. The molecule has 2 unspecified atom stereocenters. The van der Waals surface area contributed by atoms with Gasteiger partial charge in [0.1, 0.15) is 12.7 Å². The fraction of sp³-hybridized carbons (Fsp3) is 0.500. The molecule has 1 fully saturated rings. The van der Waals surface area contributed by atoms with Crippen molar-refractivity contribution < 1.29 is 19.4 Å². The average molecular weight is 454 g/mol. The van der Waals surface area contributed by atoms with Gasteiger partial charge in [0, 0.05) is 38.4 Å². The van der Waals surface area contributed by atoms with Gasteiger partial charge in [-0.05, 0) is 62.1 Å². The number of aliphatic hydroxyl groups excluding tert-OH is 1. The second kappa shape index (κ2) is 10.1. The van der Waals surface area contributed by atoms with Crippen LogP contribution < -0.4 is 14.8 Å². The Morgan fingerprint density at radius 3 is 2.27 bits per heavy atom. The predicted octanol–water partition coefficient (Wildman–Crippen LogP) is 2.68. The summed E-state index contributed by atoms with van der Waals surface area (Å²) < 4.78 is 11.9. The Labute approximate surface area is 196 Å². The van der Waals surface area contributed by atoms with Crippen molar-refractivity contribution in [2.45, 2.75) is 39.9 Å². The molecule has 4 rings (SSSR count). The highest BCUT2D eigenvalue weighted by molar-refractivity contribution is 5.93. The monoisotopic (exact) mass is 453 g/mol. The Balaban J connectivity index is 1.23. The number of benzene rings is 2. The van der Waals surface area contributed by atoms with Crippen molar-refractivity contribution in [2.75, 3.05) is 51.2 Å². The van der Waals surface area contributed by atoms with Crippen molar-refractivity contribution in [3.05, 3.63) is 52.6 Å². The molecular formula is C26H35N3O4. The third-order valence-corrected chi connectivity index (χ3v) is 6.69. The topological polar surface area (TPSA) is 74.3 Å². The second-order valence-corrected chi connectivity index (χ2v) is 9.31. The molecule has 0 aromatic heterocycles. The standard InChI is InChI=1S/C26H35N3O4/c1-17-6-5-7-18(2)26(17)27-25(31)15-29-10-8-28(9-11-29)14-21(30)24-16-32-22-12-19(3)20(4)13-23(22)33-24/h5-7,12-13,21,24,30H,8-11,14-16H2,1-4H3,(H,27,31). The lowest BCUT2D eigenvalue weighted by Gasteiger charge is -2.37. The van der Waals surface area contributed by atoms with Crippen molar-refractivity contribution >= 4 is 11.6 Å². The van der Waals surface area contributed by atoms with Crippen LogP contribution in [0, 0.1) is 27.7 Å². The highest BCUT2D eigenvalue weighted by atomic mass is 16.6. The molecule has 0 aliphatic carbocycles. The first-order valence-electron chi connectivity index (χ1n) is 11.7. The summed E-state index contributed by atoms with van der Waals surface area (Å²) in [5, 5.41) is 13.8. The van der Waals surface area contributed by atoms with Gasteiger partial charge in [-0.3, -0.25) is 14.6 Å². The molecule has 2 aromatic rings. The van der Waals surface area contributed by atoms with E-state index in [9.17, 15) is 9.90 Å². The van der Waals surface area contributed by atoms with Gasteiger partial charge in [0.15, 0.2) is 17.6 Å². The minimum atomic E-state index is -0.640. The molecule has 2 aliphatic rings. The van der Waals surface area contributed by atoms with Gasteiger partial charge in [-0.2, -0.15) is 0 Å². The average Bonchev–Trinajstić information content (AvgIpc) is 2.78. The first-order chi connectivity index (χ1) is 15.8. The van der Waals surface area contributed by atoms with Crippen molar-refractivity contribution in [3.63, 3.8) is 0 Å². The van der Waals surface area contributed by atoms with E-state index < -0.39 is 6.10 Å². The molecule has 0 bridgehead atoms. The van der Waals surface area contributed by atoms with Crippen LogP contribution in [0.15, 0.2) is 30.3 Å². The van der Waals surface area contributed by atoms with Crippen LogP contribution in [0.2, 0.25) is 0 Å². The lowest BCUT2D eigenvalue weighted by molar-refractivity contribution is -0.117. The highest BCUT2D eigenvalue weighted by Gasteiger charge is 2.30. The fourth-order valence-corrected chi connectivity index (χ4v) is 4.43. The van der Waals surface area contributed by atoms with Gasteiger partial charge < -0.3 is 19.9 Å². The summed E-state index contributed by atoms with van der Waals surface area (Å²) in [7, 11) is 0. The first-order valence-corrected chi connectivity index (χ1v) is 11.7. The number of hydrogen-bond donors (Lipinski definition) is 2. The molecule has 1 saturated heterocycles. The molecule has 2 aromatic carbocycles. The number of piperazine rings is 1. The largest absolute Gasteiger partial charge is 0.486 e. The molecule has 7 heteroatoms. The normalized spacial score (nSPS) is 19.8. The zero-order valence-corrected chi connectivity index (χ0v) is 20.1. The van der Waals surface area contributed by atoms with E-state index in [1.165, 1.54) is 0 Å². The van der Waals surface area contributed by atoms with E-state index in [0.29, 0.717) is 25.4 Å². The molecule has 0 spiro atoms. The molecular weight excluding hydrogens is 418 g/mol. The predicted molar refractivity (Wildman–Crippen MR) is 129 cm³/mol. The van der Waals surface area contributed by atoms with Gasteiger partial charge in [0.05, 0.1) is 6.54 Å². The maximum atomic E-state index is 12.6. The van der Waals surface area contributed by atoms with Gasteiger partial charge in [-0.15, -0.1) is 0 Å². The first kappa shape index (κ1) is 23.5.